The van der Waals surface area contributed by atoms with Crippen molar-refractivity contribution < 1.29 is 9.59 Å². The van der Waals surface area contributed by atoms with Gasteiger partial charge in [0.05, 0.1) is 0 Å². The zero-order valence-electron chi connectivity index (χ0n) is 16.6. The molecule has 1 atom stereocenters. The Balaban J connectivity index is 2.60. The van der Waals surface area contributed by atoms with E-state index in [1.165, 1.54) is 0 Å². The Morgan fingerprint density at radius 1 is 1.15 bits per heavy atom. The maximum Gasteiger partial charge on any atom is 0.341 e. The van der Waals surface area contributed by atoms with Gasteiger partial charge < -0.3 is 11.1 Å². The van der Waals surface area contributed by atoms with Crippen molar-refractivity contribution in [3.05, 3.63) is 47.5 Å². The minimum Gasteiger partial charge on any atom is -0.369 e. The van der Waals surface area contributed by atoms with E-state index in [0.717, 1.165) is 49.7 Å². The number of allylic oxidation sites excluding steroid dienone is 1. The number of benzene rings is 1. The summed E-state index contributed by atoms with van der Waals surface area (Å²) in [6.45, 7) is 4.68. The molecule has 0 aliphatic rings. The fraction of sp³-hybridized carbons (Fsp3) is 0.500. The molecule has 0 radical (unpaired) electrons. The minimum atomic E-state index is -0.362. The topological polar surface area (TPSA) is 84.5 Å². The lowest BCUT2D eigenvalue weighted by atomic mass is 9.95. The van der Waals surface area contributed by atoms with Crippen molar-refractivity contribution in [1.82, 2.24) is 5.32 Å². The van der Waals surface area contributed by atoms with Gasteiger partial charge in [-0.05, 0) is 31.2 Å². The molecule has 0 bridgehead atoms. The number of nitrogens with two attached hydrogens (primary N) is 1. The van der Waals surface area contributed by atoms with Crippen molar-refractivity contribution in [3.8, 4) is 0 Å². The molecule has 0 aliphatic heterocycles. The summed E-state index contributed by atoms with van der Waals surface area (Å²) in [5.74, 6) is -0.376. The lowest BCUT2D eigenvalue weighted by Crippen LogP contribution is -2.24. The number of hydrogen-bond donors (Lipinski definition) is 2. The lowest BCUT2D eigenvalue weighted by Gasteiger charge is -2.13. The fourth-order valence-electron chi connectivity index (χ4n) is 2.71. The van der Waals surface area contributed by atoms with E-state index in [0.29, 0.717) is 13.0 Å². The maximum atomic E-state index is 12.0. The Bertz CT molecular complexity index is 624. The van der Waals surface area contributed by atoms with E-state index < -0.39 is 0 Å². The van der Waals surface area contributed by atoms with Crippen molar-refractivity contribution in [2.24, 2.45) is 16.6 Å². The van der Waals surface area contributed by atoms with Crippen LogP contribution in [0.25, 0.3) is 0 Å². The molecular formula is C22H33N3O2. The molecule has 1 rings (SSSR count). The average Bonchev–Trinajstić information content (AvgIpc) is 2.68. The van der Waals surface area contributed by atoms with Crippen molar-refractivity contribution in [2.75, 3.05) is 6.54 Å². The number of primary amides is 1. The molecule has 0 saturated heterocycles. The predicted octanol–water partition coefficient (Wildman–Crippen LogP) is 4.61. The van der Waals surface area contributed by atoms with Gasteiger partial charge in [-0.2, -0.15) is 0 Å². The van der Waals surface area contributed by atoms with E-state index in [2.05, 4.69) is 30.2 Å². The van der Waals surface area contributed by atoms with Gasteiger partial charge in [-0.1, -0.05) is 75.1 Å². The number of nitrogens with one attached hydrogen (secondary N) is 1. The first-order valence-electron chi connectivity index (χ1n) is 9.91. The van der Waals surface area contributed by atoms with Gasteiger partial charge in [0.25, 0.3) is 0 Å². The molecule has 5 nitrogen and oxygen atoms in total. The number of rotatable bonds is 12. The summed E-state index contributed by atoms with van der Waals surface area (Å²) in [6.07, 6.45) is 10.1. The molecule has 1 aromatic carbocycles. The summed E-state index contributed by atoms with van der Waals surface area (Å²) in [5, 5.41) is 2.84. The van der Waals surface area contributed by atoms with Gasteiger partial charge in [0.15, 0.2) is 0 Å². The van der Waals surface area contributed by atoms with Crippen LogP contribution in [0.15, 0.2) is 47.0 Å². The summed E-state index contributed by atoms with van der Waals surface area (Å²) in [6, 6.07) is 9.14. The molecule has 0 saturated carbocycles. The molecule has 3 amide bonds. The van der Waals surface area contributed by atoms with E-state index in [1.807, 2.05) is 30.3 Å². The van der Waals surface area contributed by atoms with Crippen molar-refractivity contribution in [3.63, 3.8) is 0 Å². The third-order valence-electron chi connectivity index (χ3n) is 4.45. The Labute approximate surface area is 163 Å². The largest absolute Gasteiger partial charge is 0.369 e. The molecule has 0 heterocycles. The van der Waals surface area contributed by atoms with Gasteiger partial charge in [0.1, 0.15) is 0 Å². The van der Waals surface area contributed by atoms with Crippen LogP contribution in [0.3, 0.4) is 0 Å². The number of carbonyl (C=O) groups excluding carboxylic acids is 2. The highest BCUT2D eigenvalue weighted by molar-refractivity contribution is 5.91. The van der Waals surface area contributed by atoms with E-state index in [1.54, 1.807) is 6.21 Å². The number of unbranched alkanes of at least 4 members (excludes halogenated alkanes) is 2. The number of urea groups is 1. The van der Waals surface area contributed by atoms with Crippen LogP contribution in [0.5, 0.6) is 0 Å². The summed E-state index contributed by atoms with van der Waals surface area (Å²) in [4.78, 5) is 27.5. The summed E-state index contributed by atoms with van der Waals surface area (Å²) in [5.41, 5.74) is 7.54. The highest BCUT2D eigenvalue weighted by atomic mass is 16.2. The van der Waals surface area contributed by atoms with Crippen LogP contribution in [-0.2, 0) is 4.79 Å². The first kappa shape index (κ1) is 22.6. The molecule has 0 spiro atoms. The zero-order chi connectivity index (χ0) is 19.9. The molecule has 27 heavy (non-hydrogen) atoms. The van der Waals surface area contributed by atoms with Gasteiger partial charge in [-0.3, -0.25) is 4.79 Å². The van der Waals surface area contributed by atoms with Crippen LogP contribution in [0, 0.1) is 5.92 Å². The standard InChI is InChI=1S/C22H33N3O2/c1-3-5-10-19(14-15-20(21(23)26)13-6-4-2)17-25-22(27)24-16-18-11-8-7-9-12-18/h7-9,11-12,14,16,20H,3-6,10,13,15,17H2,1-2H3,(H2,23,26)(H,25,27)/b19-14?,24-16-. The molecule has 1 aromatic rings. The van der Waals surface area contributed by atoms with Gasteiger partial charge in [-0.15, -0.1) is 0 Å². The number of aliphatic imine (C=N–C) groups is 1. The first-order valence-corrected chi connectivity index (χ1v) is 9.91. The average molecular weight is 372 g/mol. The number of amides is 3. The van der Waals surface area contributed by atoms with Gasteiger partial charge in [0, 0.05) is 18.7 Å². The summed E-state index contributed by atoms with van der Waals surface area (Å²) < 4.78 is 0. The molecular weight excluding hydrogens is 338 g/mol. The molecule has 148 valence electrons. The van der Waals surface area contributed by atoms with Crippen LogP contribution in [0.2, 0.25) is 0 Å². The van der Waals surface area contributed by atoms with Gasteiger partial charge in [0.2, 0.25) is 5.91 Å². The van der Waals surface area contributed by atoms with Crippen molar-refractivity contribution >= 4 is 18.2 Å². The lowest BCUT2D eigenvalue weighted by molar-refractivity contribution is -0.121. The molecule has 0 aromatic heterocycles. The predicted molar refractivity (Wildman–Crippen MR) is 112 cm³/mol. The normalized spacial score (nSPS) is 12.9. The Hall–Kier alpha value is -2.43. The highest BCUT2D eigenvalue weighted by Crippen LogP contribution is 2.16. The maximum absolute atomic E-state index is 12.0. The van der Waals surface area contributed by atoms with Crippen LogP contribution in [-0.4, -0.2) is 24.7 Å². The van der Waals surface area contributed by atoms with E-state index in [4.69, 9.17) is 5.73 Å². The molecule has 3 N–H and O–H groups in total. The zero-order valence-corrected chi connectivity index (χ0v) is 16.6. The monoisotopic (exact) mass is 371 g/mol. The van der Waals surface area contributed by atoms with E-state index >= 15 is 0 Å². The SMILES string of the molecule is CCCCC(=CCC(CCCC)C(N)=O)CNC(=O)/N=C\c1ccccc1. The van der Waals surface area contributed by atoms with Crippen molar-refractivity contribution in [1.29, 1.82) is 0 Å². The second-order valence-electron chi connectivity index (χ2n) is 6.77. The molecule has 5 heteroatoms. The summed E-state index contributed by atoms with van der Waals surface area (Å²) in [7, 11) is 0. The quantitative estimate of drug-likeness (QED) is 0.415. The highest BCUT2D eigenvalue weighted by Gasteiger charge is 2.13. The Morgan fingerprint density at radius 3 is 2.48 bits per heavy atom. The minimum absolute atomic E-state index is 0.131. The van der Waals surface area contributed by atoms with Gasteiger partial charge >= 0.3 is 6.03 Å². The molecule has 0 fully saturated rings. The molecule has 1 unspecified atom stereocenters. The summed E-state index contributed by atoms with van der Waals surface area (Å²) >= 11 is 0. The fourth-order valence-corrected chi connectivity index (χ4v) is 2.71. The first-order chi connectivity index (χ1) is 13.1. The second kappa shape index (κ2) is 13.7. The third kappa shape index (κ3) is 10.3. The smallest absolute Gasteiger partial charge is 0.341 e. The van der Waals surface area contributed by atoms with Crippen LogP contribution >= 0.6 is 0 Å². The number of carbonyl (C=O) groups is 2. The number of hydrogen-bond acceptors (Lipinski definition) is 2. The Kier molecular flexibility index (Phi) is 11.5. The number of nitrogens with zero attached hydrogens (tertiary/aromatic N) is 1. The van der Waals surface area contributed by atoms with Crippen LogP contribution < -0.4 is 11.1 Å². The second-order valence-corrected chi connectivity index (χ2v) is 6.77. The van der Waals surface area contributed by atoms with Crippen molar-refractivity contribution in [2.45, 2.75) is 58.8 Å². The van der Waals surface area contributed by atoms with Crippen LogP contribution in [0.4, 0.5) is 4.79 Å². The van der Waals surface area contributed by atoms with E-state index in [-0.39, 0.29) is 17.9 Å². The van der Waals surface area contributed by atoms with Gasteiger partial charge in [-0.25, -0.2) is 9.79 Å². The molecule has 0 aliphatic carbocycles. The van der Waals surface area contributed by atoms with Crippen LogP contribution in [0.1, 0.15) is 64.4 Å². The van der Waals surface area contributed by atoms with E-state index in [9.17, 15) is 9.59 Å². The Morgan fingerprint density at radius 2 is 1.85 bits per heavy atom. The third-order valence-corrected chi connectivity index (χ3v) is 4.45.